The summed E-state index contributed by atoms with van der Waals surface area (Å²) in [6, 6.07) is 13.1. The molecule has 33 heavy (non-hydrogen) atoms. The number of hydrogen-bond donors (Lipinski definition) is 3. The molecule has 3 rings (SSSR count). The van der Waals surface area contributed by atoms with Gasteiger partial charge in [-0.25, -0.2) is 0 Å². The van der Waals surface area contributed by atoms with Crippen molar-refractivity contribution in [3.8, 4) is 0 Å². The van der Waals surface area contributed by atoms with Crippen molar-refractivity contribution >= 4 is 54.2 Å². The van der Waals surface area contributed by atoms with Gasteiger partial charge in [0.15, 0.2) is 0 Å². The molecule has 0 aliphatic rings. The predicted octanol–water partition coefficient (Wildman–Crippen LogP) is 1.80. The van der Waals surface area contributed by atoms with Crippen molar-refractivity contribution in [2.75, 3.05) is 0 Å². The van der Waals surface area contributed by atoms with E-state index in [0.29, 0.717) is 27.0 Å². The molecule has 176 valence electrons. The maximum absolute atomic E-state index is 11.8. The van der Waals surface area contributed by atoms with E-state index in [1.165, 1.54) is 54.6 Å². The zero-order chi connectivity index (χ0) is 24.8. The summed E-state index contributed by atoms with van der Waals surface area (Å²) in [5.74, 6) is 0. The van der Waals surface area contributed by atoms with Crippen LogP contribution >= 0.6 is 7.92 Å². The van der Waals surface area contributed by atoms with Crippen LogP contribution in [0.1, 0.15) is 11.1 Å². The molecule has 0 aromatic heterocycles. The second-order valence-corrected chi connectivity index (χ2v) is 13.6. The van der Waals surface area contributed by atoms with Crippen LogP contribution in [0.25, 0.3) is 0 Å². The molecule has 0 saturated heterocycles. The lowest BCUT2D eigenvalue weighted by atomic mass is 10.2. The lowest BCUT2D eigenvalue weighted by Crippen LogP contribution is -2.26. The summed E-state index contributed by atoms with van der Waals surface area (Å²) in [5, 5.41) is 1.14. The maximum Gasteiger partial charge on any atom is 0.294 e. The molecule has 0 radical (unpaired) electrons. The molecule has 0 aliphatic carbocycles. The topological polar surface area (TPSA) is 163 Å². The minimum Gasteiger partial charge on any atom is -0.282 e. The van der Waals surface area contributed by atoms with Crippen molar-refractivity contribution in [3.05, 3.63) is 71.8 Å². The first-order chi connectivity index (χ1) is 15.1. The van der Waals surface area contributed by atoms with Crippen molar-refractivity contribution in [1.82, 2.24) is 0 Å². The molecule has 0 bridgehead atoms. The van der Waals surface area contributed by atoms with E-state index in [9.17, 15) is 38.9 Å². The molecular formula is C20H19O9PS3. The van der Waals surface area contributed by atoms with Crippen LogP contribution in [-0.4, -0.2) is 38.9 Å². The molecule has 0 unspecified atom stereocenters. The highest BCUT2D eigenvalue weighted by Gasteiger charge is 2.25. The Morgan fingerprint density at radius 2 is 0.970 bits per heavy atom. The third-order valence-electron chi connectivity index (χ3n) is 4.81. The molecule has 0 amide bonds. The summed E-state index contributed by atoms with van der Waals surface area (Å²) < 4.78 is 99.1. The summed E-state index contributed by atoms with van der Waals surface area (Å²) in [5.41, 5.74) is 1.17. The Morgan fingerprint density at radius 3 is 1.36 bits per heavy atom. The second kappa shape index (κ2) is 8.88. The molecule has 0 aliphatic heterocycles. The van der Waals surface area contributed by atoms with Crippen molar-refractivity contribution in [1.29, 1.82) is 0 Å². The van der Waals surface area contributed by atoms with Gasteiger partial charge in [-0.05, 0) is 85.2 Å². The van der Waals surface area contributed by atoms with Crippen LogP contribution in [0.2, 0.25) is 0 Å². The first kappa shape index (κ1) is 25.4. The van der Waals surface area contributed by atoms with Crippen molar-refractivity contribution < 1.29 is 38.9 Å². The molecule has 0 saturated carbocycles. The molecule has 0 fully saturated rings. The number of rotatable bonds is 6. The molecule has 13 heteroatoms. The Hall–Kier alpha value is -2.18. The van der Waals surface area contributed by atoms with Crippen molar-refractivity contribution in [2.24, 2.45) is 0 Å². The summed E-state index contributed by atoms with van der Waals surface area (Å²) in [6.07, 6.45) is 0. The van der Waals surface area contributed by atoms with Crippen LogP contribution in [-0.2, 0) is 30.4 Å². The standard InChI is InChI=1S/C20H19O9PS3/c1-13-6-8-17(32(24,25)26)11-19(13)30(15-4-3-5-16(10-15)31(21,22)23)20-12-18(33(27,28)29)9-7-14(20)2/h3-12H,1-2H3,(H,21,22,23)(H,24,25,26)(H,27,28,29). The third-order valence-corrected chi connectivity index (χ3v) is 10.1. The molecule has 3 N–H and O–H groups in total. The summed E-state index contributed by atoms with van der Waals surface area (Å²) in [7, 11) is -15.5. The molecule has 3 aromatic rings. The van der Waals surface area contributed by atoms with Crippen LogP contribution in [0.3, 0.4) is 0 Å². The van der Waals surface area contributed by atoms with Gasteiger partial charge in [-0.2, -0.15) is 25.3 Å². The fourth-order valence-electron chi connectivity index (χ4n) is 3.17. The first-order valence-corrected chi connectivity index (χ1v) is 14.8. The molecule has 0 atom stereocenters. The number of aryl methyl sites for hydroxylation is 2. The van der Waals surface area contributed by atoms with E-state index in [1.807, 2.05) is 0 Å². The van der Waals surface area contributed by atoms with Gasteiger partial charge in [0.25, 0.3) is 30.4 Å². The molecule has 3 aromatic carbocycles. The van der Waals surface area contributed by atoms with Gasteiger partial charge in [-0.15, -0.1) is 0 Å². The zero-order valence-corrected chi connectivity index (χ0v) is 20.6. The van der Waals surface area contributed by atoms with E-state index >= 15 is 0 Å². The molecule has 0 heterocycles. The lowest BCUT2D eigenvalue weighted by Gasteiger charge is -2.24. The summed E-state index contributed by atoms with van der Waals surface area (Å²) >= 11 is 0. The second-order valence-electron chi connectivity index (χ2n) is 7.15. The van der Waals surface area contributed by atoms with E-state index in [0.717, 1.165) is 0 Å². The Balaban J connectivity index is 2.43. The number of hydrogen-bond acceptors (Lipinski definition) is 6. The van der Waals surface area contributed by atoms with Crippen LogP contribution < -0.4 is 15.9 Å². The van der Waals surface area contributed by atoms with Crippen LogP contribution in [0.5, 0.6) is 0 Å². The third kappa shape index (κ3) is 5.67. The van der Waals surface area contributed by atoms with Gasteiger partial charge in [0.1, 0.15) is 0 Å². The van der Waals surface area contributed by atoms with Crippen LogP contribution in [0, 0.1) is 13.8 Å². The highest BCUT2D eigenvalue weighted by Crippen LogP contribution is 2.37. The Kier molecular flexibility index (Phi) is 6.84. The lowest BCUT2D eigenvalue weighted by molar-refractivity contribution is 0.481. The Labute approximate surface area is 193 Å². The quantitative estimate of drug-likeness (QED) is 0.318. The van der Waals surface area contributed by atoms with Crippen LogP contribution in [0.4, 0.5) is 0 Å². The van der Waals surface area contributed by atoms with Crippen LogP contribution in [0.15, 0.2) is 75.4 Å². The molecular weight excluding hydrogens is 511 g/mol. The van der Waals surface area contributed by atoms with Gasteiger partial charge in [-0.3, -0.25) is 13.7 Å². The first-order valence-electron chi connectivity index (χ1n) is 9.13. The van der Waals surface area contributed by atoms with Gasteiger partial charge < -0.3 is 0 Å². The highest BCUT2D eigenvalue weighted by molar-refractivity contribution is 7.86. The minimum absolute atomic E-state index is 0.353. The minimum atomic E-state index is -4.57. The average molecular weight is 531 g/mol. The summed E-state index contributed by atoms with van der Waals surface area (Å²) in [6.45, 7) is 3.35. The Bertz CT molecular complexity index is 1480. The normalized spacial score (nSPS) is 12.8. The van der Waals surface area contributed by atoms with Gasteiger partial charge in [0.2, 0.25) is 0 Å². The van der Waals surface area contributed by atoms with Crippen molar-refractivity contribution in [3.63, 3.8) is 0 Å². The average Bonchev–Trinajstić information content (AvgIpc) is 2.69. The maximum atomic E-state index is 11.8. The van der Waals surface area contributed by atoms with E-state index in [1.54, 1.807) is 19.9 Å². The van der Waals surface area contributed by atoms with Gasteiger partial charge >= 0.3 is 0 Å². The molecule has 9 nitrogen and oxygen atoms in total. The van der Waals surface area contributed by atoms with E-state index in [4.69, 9.17) is 0 Å². The Morgan fingerprint density at radius 1 is 0.576 bits per heavy atom. The highest BCUT2D eigenvalue weighted by atomic mass is 32.2. The SMILES string of the molecule is Cc1ccc(S(=O)(=O)O)cc1P(c1cccc(S(=O)(=O)O)c1)c1cc(S(=O)(=O)O)ccc1C. The largest absolute Gasteiger partial charge is 0.294 e. The molecule has 0 spiro atoms. The van der Waals surface area contributed by atoms with E-state index < -0.39 is 53.0 Å². The van der Waals surface area contributed by atoms with Crippen molar-refractivity contribution in [2.45, 2.75) is 28.5 Å². The van der Waals surface area contributed by atoms with E-state index in [2.05, 4.69) is 0 Å². The fourth-order valence-corrected chi connectivity index (χ4v) is 7.68. The number of benzene rings is 3. The summed E-state index contributed by atoms with van der Waals surface area (Å²) in [4.78, 5) is -1.20. The smallest absolute Gasteiger partial charge is 0.282 e. The van der Waals surface area contributed by atoms with Gasteiger partial charge in [0, 0.05) is 0 Å². The predicted molar refractivity (Wildman–Crippen MR) is 124 cm³/mol. The van der Waals surface area contributed by atoms with Gasteiger partial charge in [-0.1, -0.05) is 24.3 Å². The van der Waals surface area contributed by atoms with Gasteiger partial charge in [0.05, 0.1) is 14.7 Å². The van der Waals surface area contributed by atoms with E-state index in [-0.39, 0.29) is 0 Å². The fraction of sp³-hybridized carbons (Fsp3) is 0.100. The zero-order valence-electron chi connectivity index (χ0n) is 17.2. The monoisotopic (exact) mass is 530 g/mol.